The minimum absolute atomic E-state index is 0.00242. The minimum atomic E-state index is -0.623. The molecule has 0 aromatic heterocycles. The lowest BCUT2D eigenvalue weighted by atomic mass is 10.1. The lowest BCUT2D eigenvalue weighted by Crippen LogP contribution is -2.13. The summed E-state index contributed by atoms with van der Waals surface area (Å²) < 4.78 is 13.0. The maximum atomic E-state index is 13.0. The summed E-state index contributed by atoms with van der Waals surface area (Å²) in [6.07, 6.45) is 0. The van der Waals surface area contributed by atoms with Crippen molar-refractivity contribution >= 4 is 23.2 Å². The molecule has 0 bridgehead atoms. The first-order valence-electron chi connectivity index (χ1n) is 5.51. The SMILES string of the molecule is N#Cc1cc(F)ccc1NC(=O)c1ccc(Cl)cc1O. The smallest absolute Gasteiger partial charge is 0.259 e. The summed E-state index contributed by atoms with van der Waals surface area (Å²) in [6, 6.07) is 9.22. The zero-order chi connectivity index (χ0) is 14.7. The van der Waals surface area contributed by atoms with Gasteiger partial charge < -0.3 is 10.4 Å². The Morgan fingerprint density at radius 3 is 2.70 bits per heavy atom. The molecule has 0 saturated carbocycles. The minimum Gasteiger partial charge on any atom is -0.507 e. The molecule has 1 amide bonds. The number of nitriles is 1. The zero-order valence-electron chi connectivity index (χ0n) is 10.0. The molecule has 20 heavy (non-hydrogen) atoms. The number of hydrogen-bond donors (Lipinski definition) is 2. The predicted molar refractivity (Wildman–Crippen MR) is 72.2 cm³/mol. The van der Waals surface area contributed by atoms with Gasteiger partial charge in [-0.25, -0.2) is 4.39 Å². The fraction of sp³-hybridized carbons (Fsp3) is 0. The number of hydrogen-bond acceptors (Lipinski definition) is 3. The van der Waals surface area contributed by atoms with Crippen molar-refractivity contribution in [1.82, 2.24) is 0 Å². The molecule has 2 aromatic carbocycles. The van der Waals surface area contributed by atoms with E-state index in [-0.39, 0.29) is 22.6 Å². The van der Waals surface area contributed by atoms with Crippen molar-refractivity contribution in [2.24, 2.45) is 0 Å². The Morgan fingerprint density at radius 1 is 1.30 bits per heavy atom. The maximum absolute atomic E-state index is 13.0. The van der Waals surface area contributed by atoms with Crippen molar-refractivity contribution in [3.05, 3.63) is 58.4 Å². The van der Waals surface area contributed by atoms with Crippen LogP contribution in [0.15, 0.2) is 36.4 Å². The molecule has 2 aromatic rings. The second kappa shape index (κ2) is 5.59. The average molecular weight is 291 g/mol. The summed E-state index contributed by atoms with van der Waals surface area (Å²) in [5.74, 6) is -1.48. The summed E-state index contributed by atoms with van der Waals surface area (Å²) in [5.41, 5.74) is 0.155. The number of nitrogens with zero attached hydrogens (tertiary/aromatic N) is 1. The molecule has 0 spiro atoms. The Balaban J connectivity index is 2.31. The van der Waals surface area contributed by atoms with Crippen molar-refractivity contribution in [2.45, 2.75) is 0 Å². The number of benzene rings is 2. The van der Waals surface area contributed by atoms with Gasteiger partial charge in [-0.15, -0.1) is 0 Å². The van der Waals surface area contributed by atoms with E-state index in [2.05, 4.69) is 5.32 Å². The molecular formula is C14H8ClFN2O2. The molecule has 0 saturated heterocycles. The van der Waals surface area contributed by atoms with Gasteiger partial charge in [-0.3, -0.25) is 4.79 Å². The summed E-state index contributed by atoms with van der Waals surface area (Å²) in [7, 11) is 0. The van der Waals surface area contributed by atoms with Crippen LogP contribution in [0.25, 0.3) is 0 Å². The zero-order valence-corrected chi connectivity index (χ0v) is 10.8. The topological polar surface area (TPSA) is 73.1 Å². The number of anilines is 1. The van der Waals surface area contributed by atoms with E-state index in [1.807, 2.05) is 0 Å². The molecule has 0 aliphatic heterocycles. The quantitative estimate of drug-likeness (QED) is 0.891. The van der Waals surface area contributed by atoms with Crippen molar-refractivity contribution < 1.29 is 14.3 Å². The second-order valence-corrected chi connectivity index (χ2v) is 4.35. The summed E-state index contributed by atoms with van der Waals surface area (Å²) in [6.45, 7) is 0. The summed E-state index contributed by atoms with van der Waals surface area (Å²) in [5, 5.41) is 21.2. The molecule has 2 N–H and O–H groups in total. The molecule has 2 rings (SSSR count). The summed E-state index contributed by atoms with van der Waals surface area (Å²) >= 11 is 5.67. The Labute approximate surface area is 119 Å². The Kier molecular flexibility index (Phi) is 3.87. The van der Waals surface area contributed by atoms with E-state index >= 15 is 0 Å². The highest BCUT2D eigenvalue weighted by molar-refractivity contribution is 6.31. The van der Waals surface area contributed by atoms with E-state index in [0.717, 1.165) is 12.1 Å². The van der Waals surface area contributed by atoms with Crippen LogP contribution in [0.1, 0.15) is 15.9 Å². The van der Waals surface area contributed by atoms with Gasteiger partial charge in [0.1, 0.15) is 17.6 Å². The van der Waals surface area contributed by atoms with E-state index in [4.69, 9.17) is 16.9 Å². The van der Waals surface area contributed by atoms with Gasteiger partial charge in [0.2, 0.25) is 0 Å². The molecule has 100 valence electrons. The number of nitrogens with one attached hydrogen (secondary N) is 1. The number of phenolic OH excluding ortho intramolecular Hbond substituents is 1. The molecule has 4 nitrogen and oxygen atoms in total. The third kappa shape index (κ3) is 2.87. The third-order valence-electron chi connectivity index (χ3n) is 2.55. The first-order chi connectivity index (χ1) is 9.51. The van der Waals surface area contributed by atoms with E-state index in [0.29, 0.717) is 5.02 Å². The molecule has 0 atom stereocenters. The number of halogens is 2. The fourth-order valence-electron chi connectivity index (χ4n) is 1.60. The van der Waals surface area contributed by atoms with E-state index in [1.54, 1.807) is 6.07 Å². The first-order valence-corrected chi connectivity index (χ1v) is 5.88. The molecule has 0 aliphatic rings. The molecule has 0 heterocycles. The third-order valence-corrected chi connectivity index (χ3v) is 2.79. The Morgan fingerprint density at radius 2 is 2.05 bits per heavy atom. The standard InChI is InChI=1S/C14H8ClFN2O2/c15-9-1-3-11(13(19)6-9)14(20)18-12-4-2-10(16)5-8(12)7-17/h1-6,19H,(H,18,20). The predicted octanol–water partition coefficient (Wildman–Crippen LogP) is 3.31. The normalized spacial score (nSPS) is 9.85. The van der Waals surface area contributed by atoms with Crippen LogP contribution < -0.4 is 5.32 Å². The van der Waals surface area contributed by atoms with Gasteiger partial charge in [-0.1, -0.05) is 11.6 Å². The number of rotatable bonds is 2. The highest BCUT2D eigenvalue weighted by atomic mass is 35.5. The van der Waals surface area contributed by atoms with E-state index in [9.17, 15) is 14.3 Å². The van der Waals surface area contributed by atoms with Crippen LogP contribution in [0.4, 0.5) is 10.1 Å². The average Bonchev–Trinajstić information content (AvgIpc) is 2.40. The van der Waals surface area contributed by atoms with Crippen LogP contribution in [0.5, 0.6) is 5.75 Å². The largest absolute Gasteiger partial charge is 0.507 e. The lowest BCUT2D eigenvalue weighted by molar-refractivity contribution is 0.102. The first kappa shape index (κ1) is 13.8. The monoisotopic (exact) mass is 290 g/mol. The molecule has 6 heteroatoms. The Hall–Kier alpha value is -2.58. The van der Waals surface area contributed by atoms with Crippen LogP contribution in [0.3, 0.4) is 0 Å². The van der Waals surface area contributed by atoms with Crippen LogP contribution in [0.2, 0.25) is 5.02 Å². The number of carbonyl (C=O) groups is 1. The second-order valence-electron chi connectivity index (χ2n) is 3.92. The van der Waals surface area contributed by atoms with Gasteiger partial charge in [-0.05, 0) is 36.4 Å². The van der Waals surface area contributed by atoms with Gasteiger partial charge >= 0.3 is 0 Å². The number of phenols is 1. The van der Waals surface area contributed by atoms with Gasteiger partial charge in [-0.2, -0.15) is 5.26 Å². The van der Waals surface area contributed by atoms with Crippen molar-refractivity contribution in [3.63, 3.8) is 0 Å². The molecular weight excluding hydrogens is 283 g/mol. The molecule has 0 fully saturated rings. The van der Waals surface area contributed by atoms with E-state index < -0.39 is 11.7 Å². The maximum Gasteiger partial charge on any atom is 0.259 e. The van der Waals surface area contributed by atoms with Crippen LogP contribution >= 0.6 is 11.6 Å². The number of carbonyl (C=O) groups excluding carboxylic acids is 1. The van der Waals surface area contributed by atoms with Crippen LogP contribution in [0, 0.1) is 17.1 Å². The molecule has 0 radical (unpaired) electrons. The van der Waals surface area contributed by atoms with Gasteiger partial charge in [0.25, 0.3) is 5.91 Å². The number of amides is 1. The highest BCUT2D eigenvalue weighted by Crippen LogP contribution is 2.24. The van der Waals surface area contributed by atoms with Crippen molar-refractivity contribution in [1.29, 1.82) is 5.26 Å². The van der Waals surface area contributed by atoms with Crippen LogP contribution in [-0.2, 0) is 0 Å². The van der Waals surface area contributed by atoms with Gasteiger partial charge in [0.15, 0.2) is 0 Å². The fourth-order valence-corrected chi connectivity index (χ4v) is 1.77. The lowest BCUT2D eigenvalue weighted by Gasteiger charge is -2.08. The molecule has 0 unspecified atom stereocenters. The number of aromatic hydroxyl groups is 1. The van der Waals surface area contributed by atoms with Gasteiger partial charge in [0.05, 0.1) is 16.8 Å². The summed E-state index contributed by atoms with van der Waals surface area (Å²) in [4.78, 5) is 12.0. The van der Waals surface area contributed by atoms with Crippen molar-refractivity contribution in [3.8, 4) is 11.8 Å². The Bertz CT molecular complexity index is 726. The van der Waals surface area contributed by atoms with Gasteiger partial charge in [0, 0.05) is 5.02 Å². The van der Waals surface area contributed by atoms with Crippen LogP contribution in [-0.4, -0.2) is 11.0 Å². The molecule has 0 aliphatic carbocycles. The highest BCUT2D eigenvalue weighted by Gasteiger charge is 2.13. The van der Waals surface area contributed by atoms with E-state index in [1.165, 1.54) is 24.3 Å². The van der Waals surface area contributed by atoms with Crippen molar-refractivity contribution in [2.75, 3.05) is 5.32 Å².